The lowest BCUT2D eigenvalue weighted by atomic mass is 10.1. The Morgan fingerprint density at radius 1 is 1.25 bits per heavy atom. The summed E-state index contributed by atoms with van der Waals surface area (Å²) in [6.07, 6.45) is 3.32. The summed E-state index contributed by atoms with van der Waals surface area (Å²) in [5.74, 6) is 0. The molecule has 0 unspecified atom stereocenters. The van der Waals surface area contributed by atoms with Crippen LogP contribution in [-0.2, 0) is 6.42 Å². The van der Waals surface area contributed by atoms with Crippen molar-refractivity contribution in [2.24, 2.45) is 5.73 Å². The van der Waals surface area contributed by atoms with Gasteiger partial charge in [-0.05, 0) is 43.5 Å². The Labute approximate surface area is 78.5 Å². The van der Waals surface area contributed by atoms with E-state index in [1.807, 2.05) is 18.2 Å². The van der Waals surface area contributed by atoms with Crippen molar-refractivity contribution >= 4 is 11.6 Å². The Balaban J connectivity index is 2.41. The molecular weight excluding hydrogens is 170 g/mol. The highest BCUT2D eigenvalue weighted by molar-refractivity contribution is 6.30. The van der Waals surface area contributed by atoms with E-state index in [0.29, 0.717) is 0 Å². The van der Waals surface area contributed by atoms with Gasteiger partial charge in [0.1, 0.15) is 0 Å². The minimum Gasteiger partial charge on any atom is -0.330 e. The molecule has 0 aliphatic rings. The zero-order chi connectivity index (χ0) is 8.81. The third kappa shape index (κ3) is 3.24. The van der Waals surface area contributed by atoms with Crippen molar-refractivity contribution in [1.29, 1.82) is 0 Å². The average Bonchev–Trinajstić information content (AvgIpc) is 2.05. The van der Waals surface area contributed by atoms with Crippen molar-refractivity contribution in [2.75, 3.05) is 6.54 Å². The SMILES string of the molecule is NCCCCc1cccc(Cl)c1. The fourth-order valence-corrected chi connectivity index (χ4v) is 1.38. The van der Waals surface area contributed by atoms with Crippen LogP contribution in [0.25, 0.3) is 0 Å². The number of nitrogens with two attached hydrogens (primary N) is 1. The summed E-state index contributed by atoms with van der Waals surface area (Å²) in [6.45, 7) is 0.778. The molecule has 12 heavy (non-hydrogen) atoms. The van der Waals surface area contributed by atoms with Gasteiger partial charge in [-0.15, -0.1) is 0 Å². The van der Waals surface area contributed by atoms with Crippen LogP contribution in [0.2, 0.25) is 5.02 Å². The van der Waals surface area contributed by atoms with E-state index in [4.69, 9.17) is 17.3 Å². The molecule has 1 rings (SSSR count). The lowest BCUT2D eigenvalue weighted by molar-refractivity contribution is 0.745. The summed E-state index contributed by atoms with van der Waals surface area (Å²) in [4.78, 5) is 0. The van der Waals surface area contributed by atoms with E-state index in [1.165, 1.54) is 5.56 Å². The minimum atomic E-state index is 0.778. The highest BCUT2D eigenvalue weighted by Gasteiger charge is 1.93. The molecule has 0 spiro atoms. The van der Waals surface area contributed by atoms with E-state index in [0.717, 1.165) is 30.8 Å². The first kappa shape index (κ1) is 9.56. The Bertz CT molecular complexity index is 235. The van der Waals surface area contributed by atoms with E-state index < -0.39 is 0 Å². The van der Waals surface area contributed by atoms with Crippen molar-refractivity contribution in [3.8, 4) is 0 Å². The van der Waals surface area contributed by atoms with Crippen molar-refractivity contribution in [3.05, 3.63) is 34.9 Å². The van der Waals surface area contributed by atoms with E-state index in [1.54, 1.807) is 0 Å². The normalized spacial score (nSPS) is 10.2. The molecule has 0 atom stereocenters. The Morgan fingerprint density at radius 3 is 2.75 bits per heavy atom. The van der Waals surface area contributed by atoms with Crippen LogP contribution in [0.15, 0.2) is 24.3 Å². The van der Waals surface area contributed by atoms with Gasteiger partial charge < -0.3 is 5.73 Å². The summed E-state index contributed by atoms with van der Waals surface area (Å²) < 4.78 is 0. The number of hydrogen-bond donors (Lipinski definition) is 1. The lowest BCUT2D eigenvalue weighted by Crippen LogP contribution is -1.98. The molecule has 0 amide bonds. The molecule has 0 heterocycles. The number of unbranched alkanes of at least 4 members (excludes halogenated alkanes) is 1. The van der Waals surface area contributed by atoms with Gasteiger partial charge in [-0.25, -0.2) is 0 Å². The molecule has 1 nitrogen and oxygen atoms in total. The Kier molecular flexibility index (Phi) is 4.12. The lowest BCUT2D eigenvalue weighted by Gasteiger charge is -2.00. The van der Waals surface area contributed by atoms with Crippen LogP contribution >= 0.6 is 11.6 Å². The van der Waals surface area contributed by atoms with Gasteiger partial charge in [-0.3, -0.25) is 0 Å². The molecule has 2 N–H and O–H groups in total. The van der Waals surface area contributed by atoms with Gasteiger partial charge in [0, 0.05) is 5.02 Å². The standard InChI is InChI=1S/C10H14ClN/c11-10-6-3-5-9(8-10)4-1-2-7-12/h3,5-6,8H,1-2,4,7,12H2. The maximum atomic E-state index is 5.83. The maximum absolute atomic E-state index is 5.83. The summed E-state index contributed by atoms with van der Waals surface area (Å²) in [6, 6.07) is 7.99. The molecule has 0 aliphatic heterocycles. The second-order valence-electron chi connectivity index (χ2n) is 2.88. The van der Waals surface area contributed by atoms with Gasteiger partial charge in [-0.1, -0.05) is 23.7 Å². The first-order chi connectivity index (χ1) is 5.83. The van der Waals surface area contributed by atoms with Crippen LogP contribution in [-0.4, -0.2) is 6.54 Å². The molecule has 0 radical (unpaired) electrons. The summed E-state index contributed by atoms with van der Waals surface area (Å²) >= 11 is 5.83. The van der Waals surface area contributed by atoms with Gasteiger partial charge >= 0.3 is 0 Å². The summed E-state index contributed by atoms with van der Waals surface area (Å²) in [5.41, 5.74) is 6.70. The molecule has 2 heteroatoms. The number of benzene rings is 1. The molecule has 66 valence electrons. The van der Waals surface area contributed by atoms with Crippen LogP contribution in [0, 0.1) is 0 Å². The van der Waals surface area contributed by atoms with E-state index in [9.17, 15) is 0 Å². The van der Waals surface area contributed by atoms with Crippen LogP contribution < -0.4 is 5.73 Å². The monoisotopic (exact) mass is 183 g/mol. The Morgan fingerprint density at radius 2 is 2.08 bits per heavy atom. The quantitative estimate of drug-likeness (QED) is 0.714. The van der Waals surface area contributed by atoms with Crippen molar-refractivity contribution < 1.29 is 0 Å². The van der Waals surface area contributed by atoms with Crippen LogP contribution in [0.5, 0.6) is 0 Å². The van der Waals surface area contributed by atoms with Gasteiger partial charge in [-0.2, -0.15) is 0 Å². The number of halogens is 1. The van der Waals surface area contributed by atoms with Crippen molar-refractivity contribution in [2.45, 2.75) is 19.3 Å². The van der Waals surface area contributed by atoms with Gasteiger partial charge in [0.25, 0.3) is 0 Å². The molecule has 0 bridgehead atoms. The second kappa shape index (κ2) is 5.18. The maximum Gasteiger partial charge on any atom is 0.0408 e. The van der Waals surface area contributed by atoms with E-state index >= 15 is 0 Å². The van der Waals surface area contributed by atoms with Gasteiger partial charge in [0.15, 0.2) is 0 Å². The number of rotatable bonds is 4. The van der Waals surface area contributed by atoms with E-state index in [2.05, 4.69) is 6.07 Å². The predicted molar refractivity (Wildman–Crippen MR) is 53.4 cm³/mol. The number of aryl methyl sites for hydroxylation is 1. The highest BCUT2D eigenvalue weighted by Crippen LogP contribution is 2.12. The summed E-state index contributed by atoms with van der Waals surface area (Å²) in [7, 11) is 0. The first-order valence-corrected chi connectivity index (χ1v) is 4.65. The molecule has 0 aromatic heterocycles. The Hall–Kier alpha value is -0.530. The van der Waals surface area contributed by atoms with E-state index in [-0.39, 0.29) is 0 Å². The number of hydrogen-bond acceptors (Lipinski definition) is 1. The van der Waals surface area contributed by atoms with Crippen molar-refractivity contribution in [1.82, 2.24) is 0 Å². The molecule has 0 fully saturated rings. The molecule has 1 aromatic carbocycles. The second-order valence-corrected chi connectivity index (χ2v) is 3.31. The molecule has 0 aliphatic carbocycles. The van der Waals surface area contributed by atoms with Gasteiger partial charge in [0.2, 0.25) is 0 Å². The smallest absolute Gasteiger partial charge is 0.0408 e. The summed E-state index contributed by atoms with van der Waals surface area (Å²) in [5, 5.41) is 0.820. The fraction of sp³-hybridized carbons (Fsp3) is 0.400. The predicted octanol–water partition coefficient (Wildman–Crippen LogP) is 2.62. The average molecular weight is 184 g/mol. The third-order valence-corrected chi connectivity index (χ3v) is 2.04. The first-order valence-electron chi connectivity index (χ1n) is 4.27. The zero-order valence-corrected chi connectivity index (χ0v) is 7.85. The molecule has 1 aromatic rings. The molecule has 0 saturated carbocycles. The third-order valence-electron chi connectivity index (χ3n) is 1.81. The minimum absolute atomic E-state index is 0.778. The fourth-order valence-electron chi connectivity index (χ4n) is 1.17. The zero-order valence-electron chi connectivity index (χ0n) is 7.09. The topological polar surface area (TPSA) is 26.0 Å². The van der Waals surface area contributed by atoms with Crippen LogP contribution in [0.4, 0.5) is 0 Å². The van der Waals surface area contributed by atoms with Crippen molar-refractivity contribution in [3.63, 3.8) is 0 Å². The van der Waals surface area contributed by atoms with Crippen LogP contribution in [0.3, 0.4) is 0 Å². The van der Waals surface area contributed by atoms with Crippen LogP contribution in [0.1, 0.15) is 18.4 Å². The largest absolute Gasteiger partial charge is 0.330 e. The highest BCUT2D eigenvalue weighted by atomic mass is 35.5. The molecular formula is C10H14ClN. The van der Waals surface area contributed by atoms with Gasteiger partial charge in [0.05, 0.1) is 0 Å². The molecule has 0 saturated heterocycles.